The number of aromatic amines is 1. The maximum Gasteiger partial charge on any atom is 0.439 e. The van der Waals surface area contributed by atoms with Crippen molar-refractivity contribution in [1.29, 1.82) is 0 Å². The second-order valence-electron chi connectivity index (χ2n) is 13.2. The number of carbonyl (C=O) groups excluding carboxylic acids is 2. The van der Waals surface area contributed by atoms with Crippen molar-refractivity contribution in [3.63, 3.8) is 0 Å². The minimum absolute atomic E-state index is 0.0824. The van der Waals surface area contributed by atoms with Crippen LogP contribution < -0.4 is 16.8 Å². The molecule has 1 atom stereocenters. The Hall–Kier alpha value is -4.43. The summed E-state index contributed by atoms with van der Waals surface area (Å²) in [6.07, 6.45) is 3.78. The number of hydrogen-bond acceptors (Lipinski definition) is 9. The standard InChI is InChI=1S/C37H43N5O7S/c1-24-5-14-32(50(46,47)42-15-17-48-18-16-42)22-33(24)29-4-2-3-26(19-29)20-30(21-34(43)27-8-6-25(23-38)7-9-27)36(44)39-31-12-10-28(11-13-31)35-40-37(45)49-41-35/h2-5,10-14,19,22,25,27,30H,6-9,15-18,20-21,23,38H2,1H3,(H,39,44)(H,40,41,45)/t25?,27?,30-/m1/s1. The highest BCUT2D eigenvalue weighted by atomic mass is 32.2. The fourth-order valence-corrected chi connectivity index (χ4v) is 8.29. The summed E-state index contributed by atoms with van der Waals surface area (Å²) in [6, 6.07) is 19.7. The lowest BCUT2D eigenvalue weighted by atomic mass is 9.77. The van der Waals surface area contributed by atoms with E-state index in [4.69, 9.17) is 10.5 Å². The largest absolute Gasteiger partial charge is 0.439 e. The van der Waals surface area contributed by atoms with E-state index in [1.54, 1.807) is 36.4 Å². The highest BCUT2D eigenvalue weighted by Gasteiger charge is 2.31. The molecule has 0 spiro atoms. The lowest BCUT2D eigenvalue weighted by molar-refractivity contribution is -0.129. The molecule has 50 heavy (non-hydrogen) atoms. The third-order valence-electron chi connectivity index (χ3n) is 9.86. The summed E-state index contributed by atoms with van der Waals surface area (Å²) in [6.45, 7) is 3.90. The first kappa shape index (κ1) is 35.4. The molecule has 12 nitrogen and oxygen atoms in total. The molecular weight excluding hydrogens is 659 g/mol. The molecule has 13 heteroatoms. The molecule has 2 aliphatic rings. The van der Waals surface area contributed by atoms with E-state index in [1.165, 1.54) is 4.31 Å². The van der Waals surface area contributed by atoms with Crippen LogP contribution in [0.15, 0.2) is 80.9 Å². The topological polar surface area (TPSA) is 178 Å². The number of nitrogens with zero attached hydrogens (tertiary/aromatic N) is 2. The molecule has 1 saturated heterocycles. The molecule has 264 valence electrons. The predicted octanol–water partition coefficient (Wildman–Crippen LogP) is 4.55. The summed E-state index contributed by atoms with van der Waals surface area (Å²) >= 11 is 0. The number of hydrogen-bond donors (Lipinski definition) is 3. The predicted molar refractivity (Wildman–Crippen MR) is 189 cm³/mol. The Balaban J connectivity index is 1.23. The zero-order valence-corrected chi connectivity index (χ0v) is 28.9. The molecule has 3 aromatic carbocycles. The van der Waals surface area contributed by atoms with Gasteiger partial charge in [0.2, 0.25) is 15.9 Å². The maximum atomic E-state index is 13.9. The van der Waals surface area contributed by atoms with Crippen LogP contribution in [0.3, 0.4) is 0 Å². The fraction of sp³-hybridized carbons (Fsp3) is 0.405. The second kappa shape index (κ2) is 15.6. The van der Waals surface area contributed by atoms with Gasteiger partial charge in [-0.25, -0.2) is 13.2 Å². The van der Waals surface area contributed by atoms with Gasteiger partial charge in [0.15, 0.2) is 5.82 Å². The first-order valence-electron chi connectivity index (χ1n) is 17.1. The molecule has 1 aromatic heterocycles. The molecule has 1 aliphatic carbocycles. The average molecular weight is 702 g/mol. The average Bonchev–Trinajstić information content (AvgIpc) is 3.58. The molecule has 4 aromatic rings. The number of Topliss-reactive ketones (excluding diaryl/α,β-unsaturated/α-hetero) is 1. The van der Waals surface area contributed by atoms with Gasteiger partial charge in [-0.15, -0.1) is 0 Å². The van der Waals surface area contributed by atoms with Crippen LogP contribution in [0.4, 0.5) is 5.69 Å². The monoisotopic (exact) mass is 701 g/mol. The quantitative estimate of drug-likeness (QED) is 0.191. The maximum absolute atomic E-state index is 13.9. The van der Waals surface area contributed by atoms with E-state index in [0.717, 1.165) is 47.9 Å². The van der Waals surface area contributed by atoms with Gasteiger partial charge < -0.3 is 15.8 Å². The van der Waals surface area contributed by atoms with Gasteiger partial charge in [0, 0.05) is 42.6 Å². The number of aromatic nitrogens is 2. The van der Waals surface area contributed by atoms with Crippen molar-refractivity contribution in [2.45, 2.75) is 50.3 Å². The van der Waals surface area contributed by atoms with Gasteiger partial charge in [0.05, 0.1) is 18.1 Å². The molecule has 2 heterocycles. The first-order chi connectivity index (χ1) is 24.1. The van der Waals surface area contributed by atoms with E-state index in [9.17, 15) is 22.8 Å². The van der Waals surface area contributed by atoms with Gasteiger partial charge in [-0.2, -0.15) is 4.31 Å². The molecule has 0 radical (unpaired) electrons. The number of benzene rings is 3. The molecule has 4 N–H and O–H groups in total. The minimum Gasteiger partial charge on any atom is -0.379 e. The summed E-state index contributed by atoms with van der Waals surface area (Å²) in [7, 11) is -3.69. The van der Waals surface area contributed by atoms with E-state index in [0.29, 0.717) is 56.4 Å². The molecular formula is C37H43N5O7S. The minimum atomic E-state index is -3.69. The van der Waals surface area contributed by atoms with Gasteiger partial charge in [-0.3, -0.25) is 19.1 Å². The van der Waals surface area contributed by atoms with E-state index >= 15 is 0 Å². The molecule has 6 rings (SSSR count). The molecule has 0 bridgehead atoms. The fourth-order valence-electron chi connectivity index (χ4n) is 6.86. The number of anilines is 1. The lowest BCUT2D eigenvalue weighted by Crippen LogP contribution is -2.40. The summed E-state index contributed by atoms with van der Waals surface area (Å²) < 4.78 is 38.3. The molecule has 0 unspecified atom stereocenters. The third-order valence-corrected chi connectivity index (χ3v) is 11.8. The van der Waals surface area contributed by atoms with E-state index in [2.05, 4.69) is 20.0 Å². The van der Waals surface area contributed by atoms with Crippen molar-refractivity contribution < 1.29 is 27.3 Å². The van der Waals surface area contributed by atoms with E-state index in [1.807, 2.05) is 37.3 Å². The van der Waals surface area contributed by atoms with E-state index < -0.39 is 21.7 Å². The molecule has 1 amide bonds. The number of rotatable bonds is 12. The van der Waals surface area contributed by atoms with Crippen molar-refractivity contribution in [3.05, 3.63) is 88.4 Å². The van der Waals surface area contributed by atoms with Gasteiger partial charge >= 0.3 is 5.76 Å². The van der Waals surface area contributed by atoms with Crippen LogP contribution in [0.5, 0.6) is 0 Å². The number of H-pyrrole nitrogens is 1. The van der Waals surface area contributed by atoms with Gasteiger partial charge in [-0.05, 0) is 110 Å². The van der Waals surface area contributed by atoms with Crippen molar-refractivity contribution >= 4 is 27.4 Å². The Morgan fingerprint density at radius 3 is 2.42 bits per heavy atom. The zero-order valence-electron chi connectivity index (χ0n) is 28.1. The lowest BCUT2D eigenvalue weighted by Gasteiger charge is -2.28. The third kappa shape index (κ3) is 8.29. The van der Waals surface area contributed by atoms with Crippen molar-refractivity contribution in [2.24, 2.45) is 23.5 Å². The molecule has 1 saturated carbocycles. The van der Waals surface area contributed by atoms with Crippen molar-refractivity contribution in [2.75, 3.05) is 38.2 Å². The number of nitrogens with one attached hydrogen (secondary N) is 2. The highest BCUT2D eigenvalue weighted by molar-refractivity contribution is 7.89. The Morgan fingerprint density at radius 2 is 1.74 bits per heavy atom. The number of morpholine rings is 1. The normalized spacial score (nSPS) is 19.2. The summed E-state index contributed by atoms with van der Waals surface area (Å²) in [5.74, 6) is -0.889. The van der Waals surface area contributed by atoms with Crippen LogP contribution in [0.1, 0.15) is 43.2 Å². The molecule has 1 aliphatic heterocycles. The number of ketones is 1. The zero-order chi connectivity index (χ0) is 35.3. The number of amides is 1. The Morgan fingerprint density at radius 1 is 1.00 bits per heavy atom. The highest BCUT2D eigenvalue weighted by Crippen LogP contribution is 2.33. The number of sulfonamides is 1. The number of aryl methyl sites for hydroxylation is 1. The Bertz CT molecular complexity index is 1980. The summed E-state index contributed by atoms with van der Waals surface area (Å²) in [4.78, 5) is 41.6. The smallest absolute Gasteiger partial charge is 0.379 e. The SMILES string of the molecule is Cc1ccc(S(=O)(=O)N2CCOCC2)cc1-c1cccc(C[C@H](CC(=O)C2CCC(CN)CC2)C(=O)Nc2ccc(-c3noc(=O)[nH]3)cc2)c1. The van der Waals surface area contributed by atoms with Crippen LogP contribution in [-0.4, -0.2) is 67.4 Å². The summed E-state index contributed by atoms with van der Waals surface area (Å²) in [5, 5.41) is 6.68. The van der Waals surface area contributed by atoms with Crippen LogP contribution in [0.25, 0.3) is 22.5 Å². The molecule has 2 fully saturated rings. The van der Waals surface area contributed by atoms with Crippen LogP contribution >= 0.6 is 0 Å². The van der Waals surface area contributed by atoms with Gasteiger partial charge in [0.1, 0.15) is 5.78 Å². The second-order valence-corrected chi connectivity index (χ2v) is 15.2. The van der Waals surface area contributed by atoms with Crippen molar-refractivity contribution in [3.8, 4) is 22.5 Å². The first-order valence-corrected chi connectivity index (χ1v) is 18.5. The summed E-state index contributed by atoms with van der Waals surface area (Å²) in [5.41, 5.74) is 10.4. The van der Waals surface area contributed by atoms with Crippen LogP contribution in [-0.2, 0) is 30.8 Å². The van der Waals surface area contributed by atoms with Gasteiger partial charge in [-0.1, -0.05) is 35.5 Å². The van der Waals surface area contributed by atoms with Crippen LogP contribution in [0, 0.1) is 24.7 Å². The number of carbonyl (C=O) groups is 2. The Labute approximate surface area is 291 Å². The van der Waals surface area contributed by atoms with Crippen molar-refractivity contribution in [1.82, 2.24) is 14.4 Å². The Kier molecular flexibility index (Phi) is 11.1. The number of ether oxygens (including phenoxy) is 1. The van der Waals surface area contributed by atoms with E-state index in [-0.39, 0.29) is 34.7 Å². The number of nitrogens with two attached hydrogens (primary N) is 1. The van der Waals surface area contributed by atoms with Gasteiger partial charge in [0.25, 0.3) is 0 Å². The van der Waals surface area contributed by atoms with Crippen LogP contribution in [0.2, 0.25) is 0 Å².